The zero-order valence-electron chi connectivity index (χ0n) is 10.6. The summed E-state index contributed by atoms with van der Waals surface area (Å²) in [5.74, 6) is -0.156. The van der Waals surface area contributed by atoms with E-state index in [1.807, 2.05) is 0 Å². The van der Waals surface area contributed by atoms with Crippen LogP contribution >= 0.6 is 11.6 Å². The van der Waals surface area contributed by atoms with Crippen LogP contribution in [-0.4, -0.2) is 29.6 Å². The molecule has 0 aliphatic rings. The number of alkyl halides is 1. The summed E-state index contributed by atoms with van der Waals surface area (Å²) in [6, 6.07) is -0.111. The number of sulfone groups is 1. The molecule has 0 spiro atoms. The average molecular weight is 293 g/mol. The van der Waals surface area contributed by atoms with Crippen LogP contribution in [0.15, 0.2) is 22.2 Å². The number of aromatic nitrogens is 2. The van der Waals surface area contributed by atoms with E-state index in [1.165, 1.54) is 17.0 Å². The molecule has 0 saturated carbocycles. The number of hydrogen-bond acceptors (Lipinski definition) is 4. The molecule has 1 atom stereocenters. The predicted molar refractivity (Wildman–Crippen MR) is 70.8 cm³/mol. The molecule has 0 N–H and O–H groups in total. The summed E-state index contributed by atoms with van der Waals surface area (Å²) in [4.78, 5) is 15.7. The van der Waals surface area contributed by atoms with Crippen molar-refractivity contribution < 1.29 is 8.42 Å². The number of rotatable bonds is 5. The van der Waals surface area contributed by atoms with E-state index in [9.17, 15) is 13.2 Å². The SMILES string of the molecule is CC(CCl)CS(=O)(=O)c1nccn(C(C)C)c1=O. The molecule has 0 fully saturated rings. The van der Waals surface area contributed by atoms with Crippen molar-refractivity contribution in [3.05, 3.63) is 22.7 Å². The van der Waals surface area contributed by atoms with Gasteiger partial charge in [-0.2, -0.15) is 0 Å². The lowest BCUT2D eigenvalue weighted by Gasteiger charge is -2.12. The molecule has 102 valence electrons. The molecule has 0 aromatic carbocycles. The molecule has 0 aliphatic carbocycles. The summed E-state index contributed by atoms with van der Waals surface area (Å²) < 4.78 is 25.5. The second kappa shape index (κ2) is 5.84. The van der Waals surface area contributed by atoms with E-state index < -0.39 is 20.4 Å². The fourth-order valence-electron chi connectivity index (χ4n) is 1.52. The quantitative estimate of drug-likeness (QED) is 0.771. The molecule has 0 amide bonds. The molecule has 0 bridgehead atoms. The van der Waals surface area contributed by atoms with Gasteiger partial charge in [0, 0.05) is 24.3 Å². The molecule has 0 radical (unpaired) electrons. The standard InChI is InChI=1S/C11H17ClN2O3S/c1-8(2)14-5-4-13-10(11(14)15)18(16,17)7-9(3)6-12/h4-5,8-9H,6-7H2,1-3H3. The van der Waals surface area contributed by atoms with Crippen molar-refractivity contribution in [2.24, 2.45) is 5.92 Å². The van der Waals surface area contributed by atoms with Crippen LogP contribution in [-0.2, 0) is 9.84 Å². The van der Waals surface area contributed by atoms with E-state index >= 15 is 0 Å². The molecule has 1 aromatic heterocycles. The van der Waals surface area contributed by atoms with E-state index in [4.69, 9.17) is 11.6 Å². The Kier molecular flexibility index (Phi) is 4.92. The van der Waals surface area contributed by atoms with Crippen molar-refractivity contribution in [1.29, 1.82) is 0 Å². The van der Waals surface area contributed by atoms with Gasteiger partial charge in [-0.05, 0) is 19.8 Å². The summed E-state index contributed by atoms with van der Waals surface area (Å²) >= 11 is 5.60. The van der Waals surface area contributed by atoms with Gasteiger partial charge in [-0.25, -0.2) is 13.4 Å². The zero-order valence-corrected chi connectivity index (χ0v) is 12.2. The molecule has 5 nitrogen and oxygen atoms in total. The Morgan fingerprint density at radius 3 is 2.50 bits per heavy atom. The van der Waals surface area contributed by atoms with Crippen LogP contribution in [0.5, 0.6) is 0 Å². The van der Waals surface area contributed by atoms with Crippen molar-refractivity contribution >= 4 is 21.4 Å². The Labute approximate surface area is 112 Å². The third-order valence-corrected chi connectivity index (χ3v) is 4.86. The van der Waals surface area contributed by atoms with Gasteiger partial charge in [-0.1, -0.05) is 6.92 Å². The van der Waals surface area contributed by atoms with Gasteiger partial charge < -0.3 is 4.57 Å². The highest BCUT2D eigenvalue weighted by Gasteiger charge is 2.24. The van der Waals surface area contributed by atoms with E-state index in [0.29, 0.717) is 0 Å². The second-order valence-electron chi connectivity index (χ2n) is 4.58. The van der Waals surface area contributed by atoms with Gasteiger partial charge in [0.05, 0.1) is 5.75 Å². The summed E-state index contributed by atoms with van der Waals surface area (Å²) in [7, 11) is -3.69. The van der Waals surface area contributed by atoms with Gasteiger partial charge >= 0.3 is 0 Å². The highest BCUT2D eigenvalue weighted by molar-refractivity contribution is 7.91. The normalized spacial score (nSPS) is 13.8. The van der Waals surface area contributed by atoms with Gasteiger partial charge in [-0.15, -0.1) is 11.6 Å². The predicted octanol–water partition coefficient (Wildman–Crippen LogP) is 1.47. The highest BCUT2D eigenvalue weighted by Crippen LogP contribution is 2.10. The topological polar surface area (TPSA) is 69.0 Å². The minimum Gasteiger partial charge on any atom is -0.309 e. The Bertz CT molecular complexity index is 566. The fourth-order valence-corrected chi connectivity index (χ4v) is 3.38. The monoisotopic (exact) mass is 292 g/mol. The maximum Gasteiger partial charge on any atom is 0.288 e. The zero-order chi connectivity index (χ0) is 13.9. The van der Waals surface area contributed by atoms with Crippen LogP contribution < -0.4 is 5.56 Å². The van der Waals surface area contributed by atoms with Crippen molar-refractivity contribution in [1.82, 2.24) is 9.55 Å². The third-order valence-electron chi connectivity index (χ3n) is 2.45. The highest BCUT2D eigenvalue weighted by atomic mass is 35.5. The van der Waals surface area contributed by atoms with Gasteiger partial charge in [0.15, 0.2) is 0 Å². The summed E-state index contributed by atoms with van der Waals surface area (Å²) in [5, 5.41) is -0.393. The number of halogens is 1. The fraction of sp³-hybridized carbons (Fsp3) is 0.636. The lowest BCUT2D eigenvalue weighted by atomic mass is 10.3. The van der Waals surface area contributed by atoms with Crippen LogP contribution in [0, 0.1) is 5.92 Å². The Balaban J connectivity index is 3.26. The van der Waals surface area contributed by atoms with E-state index in [0.717, 1.165) is 0 Å². The molecule has 0 aliphatic heterocycles. The molecule has 1 rings (SSSR count). The minimum atomic E-state index is -3.69. The van der Waals surface area contributed by atoms with E-state index in [2.05, 4.69) is 4.98 Å². The van der Waals surface area contributed by atoms with Gasteiger partial charge in [-0.3, -0.25) is 4.79 Å². The largest absolute Gasteiger partial charge is 0.309 e. The smallest absolute Gasteiger partial charge is 0.288 e. The minimum absolute atomic E-state index is 0.111. The second-order valence-corrected chi connectivity index (χ2v) is 6.84. The van der Waals surface area contributed by atoms with Gasteiger partial charge in [0.2, 0.25) is 14.9 Å². The first-order valence-corrected chi connectivity index (χ1v) is 7.84. The average Bonchev–Trinajstić information content (AvgIpc) is 2.27. The van der Waals surface area contributed by atoms with Crippen LogP contribution in [0.1, 0.15) is 26.8 Å². The first-order valence-electron chi connectivity index (χ1n) is 5.65. The maximum absolute atomic E-state index is 12.1. The summed E-state index contributed by atoms with van der Waals surface area (Å²) in [6.07, 6.45) is 2.82. The molecule has 0 saturated heterocycles. The lowest BCUT2D eigenvalue weighted by molar-refractivity contribution is 0.545. The van der Waals surface area contributed by atoms with Crippen LogP contribution in [0.25, 0.3) is 0 Å². The van der Waals surface area contributed by atoms with Crippen LogP contribution in [0.3, 0.4) is 0 Å². The van der Waals surface area contributed by atoms with E-state index in [1.54, 1.807) is 20.8 Å². The van der Waals surface area contributed by atoms with Crippen molar-refractivity contribution in [3.63, 3.8) is 0 Å². The van der Waals surface area contributed by atoms with Gasteiger partial charge in [0.1, 0.15) is 0 Å². The van der Waals surface area contributed by atoms with Gasteiger partial charge in [0.25, 0.3) is 5.56 Å². The molecular formula is C11H17ClN2O3S. The molecule has 18 heavy (non-hydrogen) atoms. The lowest BCUT2D eigenvalue weighted by Crippen LogP contribution is -2.30. The number of hydrogen-bond donors (Lipinski definition) is 0. The molecule has 1 heterocycles. The molecule has 1 aromatic rings. The van der Waals surface area contributed by atoms with Crippen LogP contribution in [0.4, 0.5) is 0 Å². The third kappa shape index (κ3) is 3.32. The van der Waals surface area contributed by atoms with Crippen LogP contribution in [0.2, 0.25) is 0 Å². The first kappa shape index (κ1) is 15.2. The van der Waals surface area contributed by atoms with Crippen molar-refractivity contribution in [2.45, 2.75) is 31.8 Å². The Morgan fingerprint density at radius 1 is 1.39 bits per heavy atom. The van der Waals surface area contributed by atoms with E-state index in [-0.39, 0.29) is 23.6 Å². The maximum atomic E-state index is 12.1. The molecule has 7 heteroatoms. The first-order chi connectivity index (χ1) is 8.29. The Morgan fingerprint density at radius 2 is 2.00 bits per heavy atom. The Hall–Kier alpha value is -0.880. The molecule has 1 unspecified atom stereocenters. The number of nitrogens with zero attached hydrogens (tertiary/aromatic N) is 2. The van der Waals surface area contributed by atoms with Crippen molar-refractivity contribution in [3.8, 4) is 0 Å². The summed E-state index contributed by atoms with van der Waals surface area (Å²) in [5.41, 5.74) is -0.575. The molecular weight excluding hydrogens is 276 g/mol. The summed E-state index contributed by atoms with van der Waals surface area (Å²) in [6.45, 7) is 5.33. The van der Waals surface area contributed by atoms with Crippen molar-refractivity contribution in [2.75, 3.05) is 11.6 Å².